The van der Waals surface area contributed by atoms with Gasteiger partial charge in [-0.1, -0.05) is 24.3 Å². The Bertz CT molecular complexity index is 872. The molecular weight excluding hydrogens is 332 g/mol. The first kappa shape index (κ1) is 16.8. The Morgan fingerprint density at radius 1 is 0.917 bits per heavy atom. The topological polar surface area (TPSA) is 60.2 Å². The fraction of sp³-hybridized carbons (Fsp3) is 0.222. The molecule has 3 nitrogen and oxygen atoms in total. The molecule has 2 N–H and O–H groups in total. The zero-order valence-corrected chi connectivity index (χ0v) is 13.7. The number of sulfonamides is 1. The van der Waals surface area contributed by atoms with Crippen LogP contribution in [0.3, 0.4) is 0 Å². The van der Waals surface area contributed by atoms with Crippen LogP contribution in [0.5, 0.6) is 0 Å². The second kappa shape index (κ2) is 6.45. The molecule has 1 unspecified atom stereocenters. The predicted octanol–water partition coefficient (Wildman–Crippen LogP) is 3.76. The molecule has 0 spiro atoms. The maximum absolute atomic E-state index is 13.2. The van der Waals surface area contributed by atoms with Gasteiger partial charge in [0.2, 0.25) is 10.0 Å². The molecule has 3 rings (SSSR count). The van der Waals surface area contributed by atoms with Gasteiger partial charge in [-0.15, -0.1) is 0 Å². The zero-order valence-electron chi connectivity index (χ0n) is 12.9. The summed E-state index contributed by atoms with van der Waals surface area (Å²) in [4.78, 5) is 0.0372. The molecule has 1 aliphatic carbocycles. The lowest BCUT2D eigenvalue weighted by atomic mass is 9.97. The predicted molar refractivity (Wildman–Crippen MR) is 89.7 cm³/mol. The number of allylic oxidation sites excluding steroid dienone is 2. The number of halogens is 2. The van der Waals surface area contributed by atoms with Crippen molar-refractivity contribution in [3.8, 4) is 0 Å². The average Bonchev–Trinajstić information content (AvgIpc) is 2.99. The van der Waals surface area contributed by atoms with Gasteiger partial charge in [0, 0.05) is 0 Å². The van der Waals surface area contributed by atoms with Crippen LogP contribution in [0.4, 0.5) is 8.78 Å². The number of alkyl halides is 1. The van der Waals surface area contributed by atoms with E-state index in [2.05, 4.69) is 0 Å². The van der Waals surface area contributed by atoms with Gasteiger partial charge in [-0.3, -0.25) is 4.39 Å². The average molecular weight is 349 g/mol. The summed E-state index contributed by atoms with van der Waals surface area (Å²) < 4.78 is 49.1. The Morgan fingerprint density at radius 2 is 1.38 bits per heavy atom. The maximum Gasteiger partial charge on any atom is 0.238 e. The lowest BCUT2D eigenvalue weighted by Crippen LogP contribution is -2.11. The van der Waals surface area contributed by atoms with Gasteiger partial charge in [0.1, 0.15) is 5.82 Å². The fourth-order valence-corrected chi connectivity index (χ4v) is 3.60. The highest BCUT2D eigenvalue weighted by atomic mass is 32.2. The third-order valence-corrected chi connectivity index (χ3v) is 5.22. The Morgan fingerprint density at radius 3 is 1.79 bits per heavy atom. The van der Waals surface area contributed by atoms with E-state index in [-0.39, 0.29) is 16.6 Å². The van der Waals surface area contributed by atoms with Crippen LogP contribution in [-0.2, 0) is 10.0 Å². The molecule has 0 heterocycles. The molecule has 0 aliphatic heterocycles. The minimum atomic E-state index is -3.75. The minimum absolute atomic E-state index is 0.0372. The van der Waals surface area contributed by atoms with Crippen molar-refractivity contribution in [1.29, 1.82) is 0 Å². The third-order valence-electron chi connectivity index (χ3n) is 4.29. The number of rotatable bonds is 4. The first-order chi connectivity index (χ1) is 11.4. The first-order valence-electron chi connectivity index (χ1n) is 7.55. The smallest absolute Gasteiger partial charge is 0.238 e. The number of hydrogen-bond acceptors (Lipinski definition) is 2. The summed E-state index contributed by atoms with van der Waals surface area (Å²) in [5.41, 5.74) is 3.63. The molecule has 1 aliphatic rings. The van der Waals surface area contributed by atoms with E-state index in [1.807, 2.05) is 0 Å². The lowest BCUT2D eigenvalue weighted by molar-refractivity contribution is 0.379. The zero-order chi connectivity index (χ0) is 17.3. The normalized spacial score (nSPS) is 18.2. The van der Waals surface area contributed by atoms with Gasteiger partial charge in [0.05, 0.1) is 11.6 Å². The van der Waals surface area contributed by atoms with E-state index >= 15 is 0 Å². The summed E-state index contributed by atoms with van der Waals surface area (Å²) in [6.45, 7) is -0.427. The van der Waals surface area contributed by atoms with Crippen LogP contribution in [0, 0.1) is 11.7 Å². The van der Waals surface area contributed by atoms with Crippen molar-refractivity contribution < 1.29 is 17.2 Å². The summed E-state index contributed by atoms with van der Waals surface area (Å²) in [6, 6.07) is 12.4. The van der Waals surface area contributed by atoms with Crippen molar-refractivity contribution in [2.24, 2.45) is 11.1 Å². The molecule has 126 valence electrons. The fourth-order valence-electron chi connectivity index (χ4n) is 3.09. The van der Waals surface area contributed by atoms with Gasteiger partial charge < -0.3 is 0 Å². The van der Waals surface area contributed by atoms with Crippen LogP contribution < -0.4 is 5.14 Å². The van der Waals surface area contributed by atoms with Crippen LogP contribution in [0.25, 0.3) is 11.1 Å². The van der Waals surface area contributed by atoms with E-state index in [1.54, 1.807) is 24.3 Å². The van der Waals surface area contributed by atoms with Crippen molar-refractivity contribution >= 4 is 21.2 Å². The molecule has 0 amide bonds. The summed E-state index contributed by atoms with van der Waals surface area (Å²) in [7, 11) is -3.75. The molecule has 0 aromatic heterocycles. The lowest BCUT2D eigenvalue weighted by Gasteiger charge is -2.09. The molecule has 1 atom stereocenters. The Hall–Kier alpha value is -2.05. The summed E-state index contributed by atoms with van der Waals surface area (Å²) >= 11 is 0. The molecule has 0 fully saturated rings. The quantitative estimate of drug-likeness (QED) is 0.913. The van der Waals surface area contributed by atoms with Gasteiger partial charge in [-0.2, -0.15) is 0 Å². The van der Waals surface area contributed by atoms with Gasteiger partial charge in [-0.25, -0.2) is 17.9 Å². The molecule has 2 aromatic carbocycles. The van der Waals surface area contributed by atoms with Crippen molar-refractivity contribution in [3.05, 3.63) is 65.5 Å². The van der Waals surface area contributed by atoms with E-state index in [9.17, 15) is 17.2 Å². The van der Waals surface area contributed by atoms with E-state index in [0.717, 1.165) is 22.3 Å². The number of primary sulfonamides is 1. The van der Waals surface area contributed by atoms with E-state index in [4.69, 9.17) is 5.14 Å². The highest BCUT2D eigenvalue weighted by Gasteiger charge is 2.26. The highest BCUT2D eigenvalue weighted by Crippen LogP contribution is 2.43. The van der Waals surface area contributed by atoms with Gasteiger partial charge in [-0.05, 0) is 65.3 Å². The van der Waals surface area contributed by atoms with Gasteiger partial charge >= 0.3 is 0 Å². The van der Waals surface area contributed by atoms with Crippen molar-refractivity contribution in [2.75, 3.05) is 6.67 Å². The van der Waals surface area contributed by atoms with Crippen LogP contribution in [0.1, 0.15) is 24.0 Å². The molecule has 2 aromatic rings. The number of nitrogens with two attached hydrogens (primary N) is 1. The summed E-state index contributed by atoms with van der Waals surface area (Å²) in [6.07, 6.45) is 1.15. The number of hydrogen-bond donors (Lipinski definition) is 1. The summed E-state index contributed by atoms with van der Waals surface area (Å²) in [5.74, 6) is -0.434. The van der Waals surface area contributed by atoms with E-state index < -0.39 is 16.7 Å². The van der Waals surface area contributed by atoms with Crippen molar-refractivity contribution in [2.45, 2.75) is 17.7 Å². The van der Waals surface area contributed by atoms with Crippen LogP contribution >= 0.6 is 0 Å². The Balaban J connectivity index is 2.04. The minimum Gasteiger partial charge on any atom is -0.251 e. The molecule has 0 bridgehead atoms. The first-order valence-corrected chi connectivity index (χ1v) is 9.10. The van der Waals surface area contributed by atoms with Crippen LogP contribution in [0.15, 0.2) is 53.4 Å². The molecule has 24 heavy (non-hydrogen) atoms. The van der Waals surface area contributed by atoms with E-state index in [1.165, 1.54) is 24.3 Å². The van der Waals surface area contributed by atoms with Gasteiger partial charge in [0.25, 0.3) is 0 Å². The number of benzene rings is 2. The molecule has 6 heteroatoms. The van der Waals surface area contributed by atoms with E-state index in [0.29, 0.717) is 12.8 Å². The molecule has 0 radical (unpaired) electrons. The molecule has 0 saturated heterocycles. The second-order valence-electron chi connectivity index (χ2n) is 5.96. The molecular formula is C18H17F2NO2S. The standard InChI is InChI=1S/C18H17F2NO2S/c19-11-12-9-17(13-1-5-15(20)6-2-13)18(10-12)14-3-7-16(8-4-14)24(21,22)23/h1-8,12H,9-11H2,(H2,21,22,23). The van der Waals surface area contributed by atoms with Gasteiger partial charge in [0.15, 0.2) is 0 Å². The Labute approximate surface area is 139 Å². The monoisotopic (exact) mass is 349 g/mol. The Kier molecular flexibility index (Phi) is 4.51. The SMILES string of the molecule is NS(=O)(=O)c1ccc(C2=C(c3ccc(F)cc3)CC(CF)C2)cc1. The molecule has 0 saturated carbocycles. The third kappa shape index (κ3) is 3.39. The van der Waals surface area contributed by atoms with Crippen molar-refractivity contribution in [3.63, 3.8) is 0 Å². The van der Waals surface area contributed by atoms with Crippen LogP contribution in [-0.4, -0.2) is 15.1 Å². The highest BCUT2D eigenvalue weighted by molar-refractivity contribution is 7.89. The van der Waals surface area contributed by atoms with Crippen molar-refractivity contribution in [1.82, 2.24) is 0 Å². The second-order valence-corrected chi connectivity index (χ2v) is 7.52. The van der Waals surface area contributed by atoms with Crippen LogP contribution in [0.2, 0.25) is 0 Å². The maximum atomic E-state index is 13.2. The summed E-state index contributed by atoms with van der Waals surface area (Å²) in [5, 5.41) is 5.11. The largest absolute Gasteiger partial charge is 0.251 e.